The lowest BCUT2D eigenvalue weighted by Crippen LogP contribution is -2.29. The number of ether oxygens (including phenoxy) is 1. The van der Waals surface area contributed by atoms with Crippen LogP contribution in [0, 0.1) is 0 Å². The Balaban J connectivity index is 1.98. The van der Waals surface area contributed by atoms with E-state index in [0.29, 0.717) is 20.5 Å². The van der Waals surface area contributed by atoms with Crippen LogP contribution in [-0.4, -0.2) is 23.8 Å². The maximum absolute atomic E-state index is 12.1. The molecule has 1 aromatic heterocycles. The second-order valence-corrected chi connectivity index (χ2v) is 6.49. The van der Waals surface area contributed by atoms with Crippen molar-refractivity contribution in [1.29, 1.82) is 0 Å². The zero-order chi connectivity index (χ0) is 17.0. The third-order valence-electron chi connectivity index (χ3n) is 2.96. The second-order valence-electron chi connectivity index (χ2n) is 4.78. The molecule has 0 spiro atoms. The minimum Gasteiger partial charge on any atom is -0.448 e. The Morgan fingerprint density at radius 2 is 1.96 bits per heavy atom. The number of carbonyl (C=O) groups is 3. The van der Waals surface area contributed by atoms with Gasteiger partial charge in [-0.15, -0.1) is 11.3 Å². The van der Waals surface area contributed by atoms with Crippen molar-refractivity contribution in [2.45, 2.75) is 20.0 Å². The average molecular weight is 352 g/mol. The summed E-state index contributed by atoms with van der Waals surface area (Å²) >= 11 is 6.84. The Labute approximate surface area is 142 Å². The van der Waals surface area contributed by atoms with Gasteiger partial charge in [0, 0.05) is 11.3 Å². The maximum Gasteiger partial charge on any atom is 0.349 e. The van der Waals surface area contributed by atoms with E-state index in [0.717, 1.165) is 11.3 Å². The van der Waals surface area contributed by atoms with Crippen LogP contribution in [0.25, 0.3) is 0 Å². The third-order valence-corrected chi connectivity index (χ3v) is 4.18. The van der Waals surface area contributed by atoms with Crippen LogP contribution in [0.1, 0.15) is 33.9 Å². The molecule has 23 heavy (non-hydrogen) atoms. The van der Waals surface area contributed by atoms with Gasteiger partial charge < -0.3 is 10.1 Å². The largest absolute Gasteiger partial charge is 0.448 e. The van der Waals surface area contributed by atoms with Gasteiger partial charge in [0.1, 0.15) is 4.88 Å². The summed E-state index contributed by atoms with van der Waals surface area (Å²) in [5.41, 5.74) is 0.949. The highest BCUT2D eigenvalue weighted by Crippen LogP contribution is 2.22. The summed E-state index contributed by atoms with van der Waals surface area (Å²) in [6, 6.07) is 9.65. The van der Waals surface area contributed by atoms with Crippen LogP contribution >= 0.6 is 22.9 Å². The second kappa shape index (κ2) is 7.39. The predicted octanol–water partition coefficient (Wildman–Crippen LogP) is 3.79. The number of thiophene rings is 1. The van der Waals surface area contributed by atoms with E-state index in [2.05, 4.69) is 5.32 Å². The van der Waals surface area contributed by atoms with Gasteiger partial charge in [0.2, 0.25) is 0 Å². The molecular weight excluding hydrogens is 338 g/mol. The standard InChI is InChI=1S/C16H14ClNO4S/c1-9(19)11-4-3-5-12(8-11)18-15(20)10(2)22-16(21)13-6-7-14(17)23-13/h3-8,10H,1-2H3,(H,18,20). The molecule has 0 fully saturated rings. The predicted molar refractivity (Wildman–Crippen MR) is 89.3 cm³/mol. The van der Waals surface area contributed by atoms with Crippen molar-refractivity contribution in [3.63, 3.8) is 0 Å². The van der Waals surface area contributed by atoms with Crippen molar-refractivity contribution in [3.8, 4) is 0 Å². The van der Waals surface area contributed by atoms with E-state index in [1.165, 1.54) is 19.9 Å². The van der Waals surface area contributed by atoms with Gasteiger partial charge in [-0.3, -0.25) is 9.59 Å². The zero-order valence-electron chi connectivity index (χ0n) is 12.5. The highest BCUT2D eigenvalue weighted by Gasteiger charge is 2.20. The zero-order valence-corrected chi connectivity index (χ0v) is 14.0. The minimum atomic E-state index is -0.982. The smallest absolute Gasteiger partial charge is 0.349 e. The van der Waals surface area contributed by atoms with Gasteiger partial charge in [-0.05, 0) is 38.1 Å². The van der Waals surface area contributed by atoms with Gasteiger partial charge in [-0.1, -0.05) is 23.7 Å². The molecule has 2 rings (SSSR count). The van der Waals surface area contributed by atoms with Gasteiger partial charge in [0.15, 0.2) is 11.9 Å². The molecular formula is C16H14ClNO4S. The summed E-state index contributed by atoms with van der Waals surface area (Å²) in [4.78, 5) is 35.6. The van der Waals surface area contributed by atoms with Crippen LogP contribution < -0.4 is 5.32 Å². The normalized spacial score (nSPS) is 11.6. The number of esters is 1. The highest BCUT2D eigenvalue weighted by molar-refractivity contribution is 7.17. The lowest BCUT2D eigenvalue weighted by molar-refractivity contribution is -0.123. The molecule has 0 bridgehead atoms. The molecule has 5 nitrogen and oxygen atoms in total. The van der Waals surface area contributed by atoms with Gasteiger partial charge >= 0.3 is 5.97 Å². The minimum absolute atomic E-state index is 0.102. The lowest BCUT2D eigenvalue weighted by Gasteiger charge is -2.13. The molecule has 120 valence electrons. The van der Waals surface area contributed by atoms with Crippen LogP contribution in [0.5, 0.6) is 0 Å². The number of Topliss-reactive ketones (excluding diaryl/α,β-unsaturated/α-hetero) is 1. The molecule has 0 radical (unpaired) electrons. The van der Waals surface area contributed by atoms with Crippen molar-refractivity contribution in [2.24, 2.45) is 0 Å². The topological polar surface area (TPSA) is 72.5 Å². The number of carbonyl (C=O) groups excluding carboxylic acids is 3. The van der Waals surface area contributed by atoms with E-state index < -0.39 is 18.0 Å². The van der Waals surface area contributed by atoms with Gasteiger partial charge in [-0.25, -0.2) is 4.79 Å². The molecule has 0 saturated heterocycles. The molecule has 0 aliphatic heterocycles. The number of rotatable bonds is 5. The summed E-state index contributed by atoms with van der Waals surface area (Å²) in [5.74, 6) is -1.20. The number of amides is 1. The number of hydrogen-bond acceptors (Lipinski definition) is 5. The van der Waals surface area contributed by atoms with Crippen molar-refractivity contribution in [3.05, 3.63) is 51.2 Å². The first kappa shape index (κ1) is 17.2. The summed E-state index contributed by atoms with van der Waals surface area (Å²) < 4.78 is 5.56. The van der Waals surface area contributed by atoms with Crippen LogP contribution in [0.4, 0.5) is 5.69 Å². The van der Waals surface area contributed by atoms with E-state index in [4.69, 9.17) is 16.3 Å². The molecule has 1 aromatic carbocycles. The quantitative estimate of drug-likeness (QED) is 0.657. The average Bonchev–Trinajstić information content (AvgIpc) is 2.94. The van der Waals surface area contributed by atoms with E-state index >= 15 is 0 Å². The maximum atomic E-state index is 12.1. The van der Waals surface area contributed by atoms with Gasteiger partial charge in [-0.2, -0.15) is 0 Å². The number of nitrogens with one attached hydrogen (secondary N) is 1. The van der Waals surface area contributed by atoms with E-state index in [1.54, 1.807) is 30.3 Å². The molecule has 1 unspecified atom stereocenters. The monoisotopic (exact) mass is 351 g/mol. The fourth-order valence-corrected chi connectivity index (χ4v) is 2.68. The van der Waals surface area contributed by atoms with Crippen molar-refractivity contribution in [1.82, 2.24) is 0 Å². The summed E-state index contributed by atoms with van der Waals surface area (Å²) in [6.45, 7) is 2.91. The summed E-state index contributed by atoms with van der Waals surface area (Å²) in [7, 11) is 0. The van der Waals surface area contributed by atoms with Gasteiger partial charge in [0.05, 0.1) is 4.34 Å². The molecule has 2 aromatic rings. The Kier molecular flexibility index (Phi) is 5.52. The van der Waals surface area contributed by atoms with Gasteiger partial charge in [0.25, 0.3) is 5.91 Å². The van der Waals surface area contributed by atoms with E-state index in [1.807, 2.05) is 0 Å². The third kappa shape index (κ3) is 4.64. The van der Waals surface area contributed by atoms with E-state index in [9.17, 15) is 14.4 Å². The Bertz CT molecular complexity index is 756. The molecule has 0 saturated carbocycles. The molecule has 1 amide bonds. The van der Waals surface area contributed by atoms with Crippen LogP contribution in [0.15, 0.2) is 36.4 Å². The van der Waals surface area contributed by atoms with Crippen LogP contribution in [0.2, 0.25) is 4.34 Å². The molecule has 1 N–H and O–H groups in total. The van der Waals surface area contributed by atoms with Crippen molar-refractivity contribution in [2.75, 3.05) is 5.32 Å². The number of benzene rings is 1. The molecule has 0 aliphatic carbocycles. The molecule has 0 aliphatic rings. The number of ketones is 1. The van der Waals surface area contributed by atoms with Crippen LogP contribution in [0.3, 0.4) is 0 Å². The Morgan fingerprint density at radius 1 is 1.22 bits per heavy atom. The first-order chi connectivity index (χ1) is 10.9. The van der Waals surface area contributed by atoms with Crippen LogP contribution in [-0.2, 0) is 9.53 Å². The molecule has 7 heteroatoms. The Hall–Kier alpha value is -2.18. The molecule has 1 atom stereocenters. The number of anilines is 1. The van der Waals surface area contributed by atoms with Crippen molar-refractivity contribution >= 4 is 46.3 Å². The highest BCUT2D eigenvalue weighted by atomic mass is 35.5. The summed E-state index contributed by atoms with van der Waals surface area (Å²) in [5, 5.41) is 2.61. The number of hydrogen-bond donors (Lipinski definition) is 1. The van der Waals surface area contributed by atoms with Crippen molar-refractivity contribution < 1.29 is 19.1 Å². The first-order valence-electron chi connectivity index (χ1n) is 6.75. The lowest BCUT2D eigenvalue weighted by atomic mass is 10.1. The van der Waals surface area contributed by atoms with E-state index in [-0.39, 0.29) is 5.78 Å². The fraction of sp³-hybridized carbons (Fsp3) is 0.188. The summed E-state index contributed by atoms with van der Waals surface area (Å²) in [6.07, 6.45) is -0.982. The number of halogens is 1. The SMILES string of the molecule is CC(=O)c1cccc(NC(=O)C(C)OC(=O)c2ccc(Cl)s2)c1. The fourth-order valence-electron chi connectivity index (χ4n) is 1.76. The Morgan fingerprint density at radius 3 is 2.57 bits per heavy atom. The molecule has 1 heterocycles. The first-order valence-corrected chi connectivity index (χ1v) is 7.94.